The largest absolute Gasteiger partial charge is 0.361 e. The molecule has 1 aromatic rings. The third-order valence-electron chi connectivity index (χ3n) is 4.46. The molecule has 2 heterocycles. The third kappa shape index (κ3) is 4.30. The minimum absolute atomic E-state index is 0.204. The molecule has 1 fully saturated rings. The van der Waals surface area contributed by atoms with E-state index in [1.165, 1.54) is 6.42 Å². The zero-order chi connectivity index (χ0) is 15.4. The number of aromatic nitrogens is 1. The lowest BCUT2D eigenvalue weighted by Gasteiger charge is -2.32. The van der Waals surface area contributed by atoms with Gasteiger partial charge in [-0.15, -0.1) is 0 Å². The van der Waals surface area contributed by atoms with Gasteiger partial charge >= 0.3 is 0 Å². The molecule has 1 amide bonds. The highest BCUT2D eigenvalue weighted by Crippen LogP contribution is 2.22. The van der Waals surface area contributed by atoms with E-state index in [0.717, 1.165) is 55.4 Å². The summed E-state index contributed by atoms with van der Waals surface area (Å²) in [5.74, 6) is 1.73. The van der Waals surface area contributed by atoms with Gasteiger partial charge in [0.05, 0.1) is 12.1 Å². The second-order valence-electron chi connectivity index (χ2n) is 6.40. The maximum Gasteiger partial charge on any atom is 0.227 e. The minimum Gasteiger partial charge on any atom is -0.361 e. The van der Waals surface area contributed by atoms with Crippen molar-refractivity contribution in [3.05, 3.63) is 17.0 Å². The first-order valence-corrected chi connectivity index (χ1v) is 7.81. The molecule has 2 rings (SSSR count). The van der Waals surface area contributed by atoms with Gasteiger partial charge in [0.15, 0.2) is 0 Å². The van der Waals surface area contributed by atoms with Crippen LogP contribution in [-0.2, 0) is 11.2 Å². The molecule has 1 aromatic heterocycles. The van der Waals surface area contributed by atoms with E-state index >= 15 is 0 Å². The van der Waals surface area contributed by atoms with Crippen LogP contribution >= 0.6 is 0 Å². The highest BCUT2D eigenvalue weighted by Gasteiger charge is 2.24. The molecule has 0 aliphatic carbocycles. The standard InChI is InChI=1S/C16H27N3O2/c1-12-15(13(2)21-17-12)11-16(20)19-9-6-14(7-10-19)5-8-18(3)4/h14H,5-11H2,1-4H3. The van der Waals surface area contributed by atoms with E-state index in [4.69, 9.17) is 4.52 Å². The Kier molecular flexibility index (Phi) is 5.39. The lowest BCUT2D eigenvalue weighted by Crippen LogP contribution is -2.39. The Morgan fingerprint density at radius 3 is 2.52 bits per heavy atom. The first-order valence-electron chi connectivity index (χ1n) is 7.81. The van der Waals surface area contributed by atoms with E-state index in [-0.39, 0.29) is 5.91 Å². The zero-order valence-corrected chi connectivity index (χ0v) is 13.7. The zero-order valence-electron chi connectivity index (χ0n) is 13.7. The number of piperidine rings is 1. The topological polar surface area (TPSA) is 49.6 Å². The van der Waals surface area contributed by atoms with Crippen LogP contribution in [-0.4, -0.2) is 54.6 Å². The maximum absolute atomic E-state index is 12.4. The smallest absolute Gasteiger partial charge is 0.227 e. The van der Waals surface area contributed by atoms with Crippen LogP contribution in [0.15, 0.2) is 4.52 Å². The minimum atomic E-state index is 0.204. The Hall–Kier alpha value is -1.36. The Morgan fingerprint density at radius 1 is 1.33 bits per heavy atom. The second kappa shape index (κ2) is 7.07. The van der Waals surface area contributed by atoms with Crippen molar-refractivity contribution < 1.29 is 9.32 Å². The predicted octanol–water partition coefficient (Wildman–Crippen LogP) is 2.02. The highest BCUT2D eigenvalue weighted by atomic mass is 16.5. The number of rotatable bonds is 5. The van der Waals surface area contributed by atoms with E-state index < -0.39 is 0 Å². The van der Waals surface area contributed by atoms with Crippen molar-refractivity contribution in [3.8, 4) is 0 Å². The molecule has 0 radical (unpaired) electrons. The van der Waals surface area contributed by atoms with Crippen LogP contribution in [0.2, 0.25) is 0 Å². The molecular formula is C16H27N3O2. The van der Waals surface area contributed by atoms with Crippen molar-refractivity contribution in [1.29, 1.82) is 0 Å². The van der Waals surface area contributed by atoms with Gasteiger partial charge in [-0.05, 0) is 59.7 Å². The molecule has 5 nitrogen and oxygen atoms in total. The summed E-state index contributed by atoms with van der Waals surface area (Å²) in [7, 11) is 4.23. The van der Waals surface area contributed by atoms with Gasteiger partial charge in [0.2, 0.25) is 5.91 Å². The van der Waals surface area contributed by atoms with Crippen molar-refractivity contribution in [3.63, 3.8) is 0 Å². The quantitative estimate of drug-likeness (QED) is 0.833. The number of hydrogen-bond donors (Lipinski definition) is 0. The van der Waals surface area contributed by atoms with E-state index in [1.54, 1.807) is 0 Å². The van der Waals surface area contributed by atoms with Crippen molar-refractivity contribution >= 4 is 5.91 Å². The summed E-state index contributed by atoms with van der Waals surface area (Å²) in [6.07, 6.45) is 3.91. The SMILES string of the molecule is Cc1noc(C)c1CC(=O)N1CCC(CCN(C)C)CC1. The summed E-state index contributed by atoms with van der Waals surface area (Å²) in [6, 6.07) is 0. The number of amides is 1. The normalized spacial score (nSPS) is 16.7. The number of carbonyl (C=O) groups is 1. The Balaban J connectivity index is 1.81. The van der Waals surface area contributed by atoms with Crippen LogP contribution in [0.3, 0.4) is 0 Å². The molecular weight excluding hydrogens is 266 g/mol. The molecule has 1 saturated heterocycles. The maximum atomic E-state index is 12.4. The van der Waals surface area contributed by atoms with Crippen LogP contribution < -0.4 is 0 Å². The van der Waals surface area contributed by atoms with Gasteiger partial charge in [-0.3, -0.25) is 4.79 Å². The number of likely N-dealkylation sites (tertiary alicyclic amines) is 1. The van der Waals surface area contributed by atoms with Gasteiger partial charge in [-0.25, -0.2) is 0 Å². The van der Waals surface area contributed by atoms with Crippen LogP contribution in [0.4, 0.5) is 0 Å². The first-order chi connectivity index (χ1) is 9.97. The first kappa shape index (κ1) is 16.0. The van der Waals surface area contributed by atoms with Gasteiger partial charge in [0, 0.05) is 18.7 Å². The van der Waals surface area contributed by atoms with Crippen molar-refractivity contribution in [1.82, 2.24) is 15.0 Å². The molecule has 21 heavy (non-hydrogen) atoms. The van der Waals surface area contributed by atoms with Gasteiger partial charge in [0.25, 0.3) is 0 Å². The Morgan fingerprint density at radius 2 is 2.00 bits per heavy atom. The molecule has 1 aliphatic heterocycles. The molecule has 0 saturated carbocycles. The van der Waals surface area contributed by atoms with E-state index in [9.17, 15) is 4.79 Å². The summed E-state index contributed by atoms with van der Waals surface area (Å²) < 4.78 is 5.13. The average Bonchev–Trinajstić information content (AvgIpc) is 2.77. The fourth-order valence-electron chi connectivity index (χ4n) is 2.93. The van der Waals surface area contributed by atoms with Gasteiger partial charge < -0.3 is 14.3 Å². The van der Waals surface area contributed by atoms with Crippen molar-refractivity contribution in [2.24, 2.45) is 5.92 Å². The van der Waals surface area contributed by atoms with Crippen molar-refractivity contribution in [2.45, 2.75) is 39.5 Å². The van der Waals surface area contributed by atoms with Crippen LogP contribution in [0.1, 0.15) is 36.3 Å². The lowest BCUT2D eigenvalue weighted by atomic mass is 9.93. The number of aryl methyl sites for hydroxylation is 2. The predicted molar refractivity (Wildman–Crippen MR) is 82.2 cm³/mol. The van der Waals surface area contributed by atoms with Crippen LogP contribution in [0, 0.1) is 19.8 Å². The second-order valence-corrected chi connectivity index (χ2v) is 6.40. The average molecular weight is 293 g/mol. The summed E-state index contributed by atoms with van der Waals surface area (Å²) in [5.41, 5.74) is 1.79. The summed E-state index contributed by atoms with van der Waals surface area (Å²) in [5, 5.41) is 3.92. The molecule has 5 heteroatoms. The fourth-order valence-corrected chi connectivity index (χ4v) is 2.93. The van der Waals surface area contributed by atoms with E-state index in [1.807, 2.05) is 18.7 Å². The molecule has 0 spiro atoms. The molecule has 0 aromatic carbocycles. The van der Waals surface area contributed by atoms with Crippen LogP contribution in [0.25, 0.3) is 0 Å². The number of carbonyl (C=O) groups excluding carboxylic acids is 1. The summed E-state index contributed by atoms with van der Waals surface area (Å²) in [4.78, 5) is 16.6. The van der Waals surface area contributed by atoms with Crippen molar-refractivity contribution in [2.75, 3.05) is 33.7 Å². The summed E-state index contributed by atoms with van der Waals surface area (Å²) in [6.45, 7) is 6.68. The lowest BCUT2D eigenvalue weighted by molar-refractivity contribution is -0.131. The van der Waals surface area contributed by atoms with E-state index in [2.05, 4.69) is 24.2 Å². The molecule has 0 atom stereocenters. The van der Waals surface area contributed by atoms with E-state index in [0.29, 0.717) is 6.42 Å². The number of hydrogen-bond acceptors (Lipinski definition) is 4. The third-order valence-corrected chi connectivity index (χ3v) is 4.46. The molecule has 0 bridgehead atoms. The molecule has 0 unspecified atom stereocenters. The Bertz CT molecular complexity index is 454. The highest BCUT2D eigenvalue weighted by molar-refractivity contribution is 5.79. The van der Waals surface area contributed by atoms with Gasteiger partial charge in [0.1, 0.15) is 5.76 Å². The van der Waals surface area contributed by atoms with Gasteiger partial charge in [-0.2, -0.15) is 0 Å². The molecule has 118 valence electrons. The van der Waals surface area contributed by atoms with Gasteiger partial charge in [-0.1, -0.05) is 5.16 Å². The molecule has 1 aliphatic rings. The monoisotopic (exact) mass is 293 g/mol. The fraction of sp³-hybridized carbons (Fsp3) is 0.750. The number of nitrogens with zero attached hydrogens (tertiary/aromatic N) is 3. The summed E-state index contributed by atoms with van der Waals surface area (Å²) >= 11 is 0. The van der Waals surface area contributed by atoms with Crippen LogP contribution in [0.5, 0.6) is 0 Å². The molecule has 0 N–H and O–H groups in total. The Labute approximate surface area is 127 Å².